The van der Waals surface area contributed by atoms with Crippen molar-refractivity contribution in [3.63, 3.8) is 0 Å². The van der Waals surface area contributed by atoms with E-state index in [4.69, 9.17) is 15.2 Å². The molecule has 0 aliphatic carbocycles. The maximum absolute atomic E-state index is 5.96. The zero-order valence-electron chi connectivity index (χ0n) is 11.8. The summed E-state index contributed by atoms with van der Waals surface area (Å²) >= 11 is 3.54. The number of benzene rings is 1. The second-order valence-corrected chi connectivity index (χ2v) is 5.39. The molecule has 2 N–H and O–H groups in total. The van der Waals surface area contributed by atoms with Crippen molar-refractivity contribution >= 4 is 15.9 Å². The fraction of sp³-hybridized carbons (Fsp3) is 0.600. The highest BCUT2D eigenvalue weighted by atomic mass is 79.9. The first-order valence-electron chi connectivity index (χ1n) is 6.91. The normalized spacial score (nSPS) is 12.4. The van der Waals surface area contributed by atoms with E-state index in [0.29, 0.717) is 6.61 Å². The van der Waals surface area contributed by atoms with Gasteiger partial charge in [0.25, 0.3) is 0 Å². The SMILES string of the molecule is CCOCCCOc1ccc(CC(N)CC)cc1Br. The van der Waals surface area contributed by atoms with Crippen molar-refractivity contribution in [2.45, 2.75) is 39.2 Å². The Morgan fingerprint density at radius 1 is 1.26 bits per heavy atom. The van der Waals surface area contributed by atoms with E-state index in [9.17, 15) is 0 Å². The summed E-state index contributed by atoms with van der Waals surface area (Å²) in [6.07, 6.45) is 2.80. The molecule has 0 radical (unpaired) electrons. The summed E-state index contributed by atoms with van der Waals surface area (Å²) < 4.78 is 12.0. The Balaban J connectivity index is 2.43. The van der Waals surface area contributed by atoms with Crippen LogP contribution in [-0.4, -0.2) is 25.9 Å². The average Bonchev–Trinajstić information content (AvgIpc) is 2.40. The molecule has 0 saturated heterocycles. The molecule has 0 saturated carbocycles. The van der Waals surface area contributed by atoms with Gasteiger partial charge in [-0.15, -0.1) is 0 Å². The highest BCUT2D eigenvalue weighted by Crippen LogP contribution is 2.26. The van der Waals surface area contributed by atoms with Gasteiger partial charge in [0.1, 0.15) is 5.75 Å². The Kier molecular flexibility index (Phi) is 8.10. The third-order valence-electron chi connectivity index (χ3n) is 2.91. The van der Waals surface area contributed by atoms with Crippen LogP contribution in [0.1, 0.15) is 32.3 Å². The van der Waals surface area contributed by atoms with Crippen molar-refractivity contribution in [3.8, 4) is 5.75 Å². The minimum absolute atomic E-state index is 0.227. The van der Waals surface area contributed by atoms with Gasteiger partial charge >= 0.3 is 0 Å². The van der Waals surface area contributed by atoms with Gasteiger partial charge in [0.05, 0.1) is 11.1 Å². The van der Waals surface area contributed by atoms with E-state index < -0.39 is 0 Å². The van der Waals surface area contributed by atoms with Crippen LogP contribution in [0.5, 0.6) is 5.75 Å². The van der Waals surface area contributed by atoms with Gasteiger partial charge in [-0.25, -0.2) is 0 Å². The Bertz CT molecular complexity index is 371. The summed E-state index contributed by atoms with van der Waals surface area (Å²) in [6, 6.07) is 6.40. The number of nitrogens with two attached hydrogens (primary N) is 1. The Hall–Kier alpha value is -0.580. The summed E-state index contributed by atoms with van der Waals surface area (Å²) in [4.78, 5) is 0. The topological polar surface area (TPSA) is 44.5 Å². The maximum atomic E-state index is 5.96. The minimum atomic E-state index is 0.227. The van der Waals surface area contributed by atoms with Gasteiger partial charge in [0, 0.05) is 25.7 Å². The quantitative estimate of drug-likeness (QED) is 0.705. The minimum Gasteiger partial charge on any atom is -0.492 e. The lowest BCUT2D eigenvalue weighted by Crippen LogP contribution is -2.21. The summed E-state index contributed by atoms with van der Waals surface area (Å²) in [6.45, 7) is 6.28. The molecule has 4 heteroatoms. The molecular formula is C15H24BrNO2. The Labute approximate surface area is 124 Å². The van der Waals surface area contributed by atoms with Crippen LogP contribution in [0.2, 0.25) is 0 Å². The van der Waals surface area contributed by atoms with Gasteiger partial charge in [0.2, 0.25) is 0 Å². The largest absolute Gasteiger partial charge is 0.492 e. The maximum Gasteiger partial charge on any atom is 0.133 e. The predicted molar refractivity (Wildman–Crippen MR) is 82.7 cm³/mol. The van der Waals surface area contributed by atoms with Gasteiger partial charge in [0.15, 0.2) is 0 Å². The first-order valence-corrected chi connectivity index (χ1v) is 7.71. The molecule has 0 heterocycles. The molecule has 19 heavy (non-hydrogen) atoms. The first-order chi connectivity index (χ1) is 9.17. The van der Waals surface area contributed by atoms with E-state index in [2.05, 4.69) is 35.0 Å². The van der Waals surface area contributed by atoms with Crippen molar-refractivity contribution in [2.75, 3.05) is 19.8 Å². The van der Waals surface area contributed by atoms with Crippen molar-refractivity contribution in [2.24, 2.45) is 5.73 Å². The first kappa shape index (κ1) is 16.5. The fourth-order valence-corrected chi connectivity index (χ4v) is 2.26. The predicted octanol–water partition coefficient (Wildman–Crippen LogP) is 3.53. The number of rotatable bonds is 9. The van der Waals surface area contributed by atoms with Crippen LogP contribution in [0.4, 0.5) is 0 Å². The van der Waals surface area contributed by atoms with Gasteiger partial charge in [-0.05, 0) is 53.4 Å². The molecule has 108 valence electrons. The van der Waals surface area contributed by atoms with E-state index in [-0.39, 0.29) is 6.04 Å². The molecule has 1 aromatic carbocycles. The fourth-order valence-electron chi connectivity index (χ4n) is 1.72. The second kappa shape index (κ2) is 9.34. The lowest BCUT2D eigenvalue weighted by Gasteiger charge is -2.12. The highest BCUT2D eigenvalue weighted by molar-refractivity contribution is 9.10. The zero-order valence-corrected chi connectivity index (χ0v) is 13.4. The van der Waals surface area contributed by atoms with Crippen molar-refractivity contribution in [3.05, 3.63) is 28.2 Å². The van der Waals surface area contributed by atoms with E-state index in [0.717, 1.165) is 42.7 Å². The molecule has 1 atom stereocenters. The molecule has 1 aromatic rings. The van der Waals surface area contributed by atoms with Crippen LogP contribution in [0.25, 0.3) is 0 Å². The number of hydrogen-bond acceptors (Lipinski definition) is 3. The summed E-state index contributed by atoms with van der Waals surface area (Å²) in [5, 5.41) is 0. The third kappa shape index (κ3) is 6.41. The summed E-state index contributed by atoms with van der Waals surface area (Å²) in [7, 11) is 0. The molecule has 0 aliphatic rings. The molecule has 0 fully saturated rings. The van der Waals surface area contributed by atoms with Crippen molar-refractivity contribution in [1.82, 2.24) is 0 Å². The van der Waals surface area contributed by atoms with Crippen LogP contribution < -0.4 is 10.5 Å². The van der Waals surface area contributed by atoms with Crippen molar-refractivity contribution < 1.29 is 9.47 Å². The lowest BCUT2D eigenvalue weighted by atomic mass is 10.0. The zero-order chi connectivity index (χ0) is 14.1. The van der Waals surface area contributed by atoms with Gasteiger partial charge in [-0.3, -0.25) is 0 Å². The van der Waals surface area contributed by atoms with Crippen LogP contribution in [0, 0.1) is 0 Å². The monoisotopic (exact) mass is 329 g/mol. The number of halogens is 1. The Morgan fingerprint density at radius 2 is 2.05 bits per heavy atom. The Morgan fingerprint density at radius 3 is 2.68 bits per heavy atom. The van der Waals surface area contributed by atoms with Gasteiger partial charge in [-0.1, -0.05) is 13.0 Å². The molecule has 3 nitrogen and oxygen atoms in total. The highest BCUT2D eigenvalue weighted by Gasteiger charge is 2.06. The molecule has 1 unspecified atom stereocenters. The summed E-state index contributed by atoms with van der Waals surface area (Å²) in [5.41, 5.74) is 7.20. The van der Waals surface area contributed by atoms with E-state index in [1.807, 2.05) is 13.0 Å². The molecule has 0 aliphatic heterocycles. The van der Waals surface area contributed by atoms with Crippen LogP contribution in [-0.2, 0) is 11.2 Å². The van der Waals surface area contributed by atoms with Crippen molar-refractivity contribution in [1.29, 1.82) is 0 Å². The number of hydrogen-bond donors (Lipinski definition) is 1. The van der Waals surface area contributed by atoms with E-state index in [1.54, 1.807) is 0 Å². The molecule has 0 bridgehead atoms. The second-order valence-electron chi connectivity index (χ2n) is 4.54. The molecule has 0 aromatic heterocycles. The molecular weight excluding hydrogens is 306 g/mol. The van der Waals surface area contributed by atoms with Gasteiger partial charge < -0.3 is 15.2 Å². The van der Waals surface area contributed by atoms with E-state index in [1.165, 1.54) is 5.56 Å². The molecule has 0 amide bonds. The van der Waals surface area contributed by atoms with Crippen LogP contribution >= 0.6 is 15.9 Å². The van der Waals surface area contributed by atoms with Gasteiger partial charge in [-0.2, -0.15) is 0 Å². The molecule has 1 rings (SSSR count). The van der Waals surface area contributed by atoms with Crippen LogP contribution in [0.3, 0.4) is 0 Å². The van der Waals surface area contributed by atoms with E-state index >= 15 is 0 Å². The number of ether oxygens (including phenoxy) is 2. The van der Waals surface area contributed by atoms with Crippen LogP contribution in [0.15, 0.2) is 22.7 Å². The smallest absolute Gasteiger partial charge is 0.133 e. The molecule has 0 spiro atoms. The standard InChI is InChI=1S/C15H24BrNO2/c1-3-13(17)10-12-6-7-15(14(16)11-12)19-9-5-8-18-4-2/h6-7,11,13H,3-5,8-10,17H2,1-2H3. The third-order valence-corrected chi connectivity index (χ3v) is 3.53. The average molecular weight is 330 g/mol. The summed E-state index contributed by atoms with van der Waals surface area (Å²) in [5.74, 6) is 0.880. The lowest BCUT2D eigenvalue weighted by molar-refractivity contribution is 0.130.